The summed E-state index contributed by atoms with van der Waals surface area (Å²) in [6, 6.07) is 17.4. The Bertz CT molecular complexity index is 2480. The smallest absolute Gasteiger partial charge is 0.262 e. The van der Waals surface area contributed by atoms with Gasteiger partial charge >= 0.3 is 0 Å². The van der Waals surface area contributed by atoms with Crippen LogP contribution in [-0.2, 0) is 14.4 Å². The predicted molar refractivity (Wildman–Crippen MR) is 217 cm³/mol. The van der Waals surface area contributed by atoms with Gasteiger partial charge in [-0.1, -0.05) is 30.3 Å². The van der Waals surface area contributed by atoms with Crippen LogP contribution in [-0.4, -0.2) is 98.7 Å². The fraction of sp³-hybridized carbons (Fsp3) is 0.326. The topological polar surface area (TPSA) is 174 Å². The average molecular weight is 797 g/mol. The first-order valence-corrected chi connectivity index (χ1v) is 19.9. The fourth-order valence-electron chi connectivity index (χ4n) is 8.67. The SMILES string of the molecule is CC(=O)N(c1ccc(-c2cnc(N3CCN(c4cc5c(cc4F)C(=O)N(C4CCC(=O)NC4=O)C5=O)CC3)nc2)cc1)C1CCC(Nc2ncc3ccccc3n2)CC1. The van der Waals surface area contributed by atoms with Gasteiger partial charge in [-0.05, 0) is 68.0 Å². The summed E-state index contributed by atoms with van der Waals surface area (Å²) >= 11 is 0. The van der Waals surface area contributed by atoms with Crippen molar-refractivity contribution in [1.29, 1.82) is 0 Å². The molecule has 1 saturated carbocycles. The molecule has 16 heteroatoms. The molecular formula is C43H41FN10O5. The molecule has 3 aliphatic heterocycles. The van der Waals surface area contributed by atoms with E-state index in [0.717, 1.165) is 64.4 Å². The average Bonchev–Trinajstić information content (AvgIpc) is 3.48. The molecule has 1 unspecified atom stereocenters. The Labute approximate surface area is 338 Å². The Morgan fingerprint density at radius 1 is 0.797 bits per heavy atom. The molecule has 0 spiro atoms. The van der Waals surface area contributed by atoms with Crippen LogP contribution in [0.2, 0.25) is 0 Å². The van der Waals surface area contributed by atoms with Gasteiger partial charge in [0.1, 0.15) is 11.9 Å². The number of halogens is 1. The summed E-state index contributed by atoms with van der Waals surface area (Å²) < 4.78 is 15.5. The number of imide groups is 2. The number of hydrogen-bond donors (Lipinski definition) is 2. The third-order valence-corrected chi connectivity index (χ3v) is 11.8. The van der Waals surface area contributed by atoms with Gasteiger partial charge in [-0.3, -0.25) is 34.2 Å². The number of nitrogens with zero attached hydrogens (tertiary/aromatic N) is 8. The minimum absolute atomic E-state index is 0.000263. The fourth-order valence-corrected chi connectivity index (χ4v) is 8.67. The molecule has 2 N–H and O–H groups in total. The van der Waals surface area contributed by atoms with Gasteiger partial charge in [0.15, 0.2) is 0 Å². The molecule has 0 bridgehead atoms. The van der Waals surface area contributed by atoms with E-state index >= 15 is 4.39 Å². The highest BCUT2D eigenvalue weighted by Crippen LogP contribution is 2.34. The first-order chi connectivity index (χ1) is 28.6. The van der Waals surface area contributed by atoms with Crippen molar-refractivity contribution in [3.63, 3.8) is 0 Å². The highest BCUT2D eigenvalue weighted by Gasteiger charge is 2.45. The summed E-state index contributed by atoms with van der Waals surface area (Å²) in [5.74, 6) is -2.11. The number of benzene rings is 3. The molecule has 5 aromatic rings. The third-order valence-electron chi connectivity index (χ3n) is 11.8. The maximum atomic E-state index is 15.5. The quantitative estimate of drug-likeness (QED) is 0.207. The molecule has 5 heterocycles. The van der Waals surface area contributed by atoms with Crippen molar-refractivity contribution in [2.75, 3.05) is 46.2 Å². The van der Waals surface area contributed by atoms with Gasteiger partial charge in [0, 0.05) is 86.8 Å². The summed E-state index contributed by atoms with van der Waals surface area (Å²) in [5.41, 5.74) is 3.60. The number of anilines is 4. The number of piperidine rings is 1. The van der Waals surface area contributed by atoms with Crippen molar-refractivity contribution in [2.45, 2.75) is 63.6 Å². The zero-order valence-electron chi connectivity index (χ0n) is 32.3. The van der Waals surface area contributed by atoms with E-state index in [2.05, 4.69) is 30.6 Å². The highest BCUT2D eigenvalue weighted by atomic mass is 19.1. The lowest BCUT2D eigenvalue weighted by Crippen LogP contribution is -2.54. The monoisotopic (exact) mass is 796 g/mol. The molecule has 1 aliphatic carbocycles. The molecule has 59 heavy (non-hydrogen) atoms. The van der Waals surface area contributed by atoms with E-state index in [9.17, 15) is 24.0 Å². The van der Waals surface area contributed by atoms with Gasteiger partial charge in [0.2, 0.25) is 29.6 Å². The standard InChI is InChI=1S/C43H41FN10O5/c1-25(55)53(31-12-8-29(9-13-31)48-42-45-22-27-4-2-3-5-35(27)49-42)30-10-6-26(7-11-30)28-23-46-43(47-24-28)52-18-16-51(17-19-52)37-21-33-32(20-34(37)44)40(58)54(41(33)59)36-14-15-38(56)50-39(36)57/h2-7,10-11,20-24,29,31,36H,8-9,12-19H2,1H3,(H,45,48,49)(H,50,56,57). The molecule has 3 fully saturated rings. The summed E-state index contributed by atoms with van der Waals surface area (Å²) in [6.45, 7) is 3.39. The molecule has 15 nitrogen and oxygen atoms in total. The van der Waals surface area contributed by atoms with Crippen LogP contribution in [0.4, 0.5) is 27.7 Å². The van der Waals surface area contributed by atoms with Crippen molar-refractivity contribution in [3.05, 3.63) is 96.2 Å². The van der Waals surface area contributed by atoms with Crippen LogP contribution >= 0.6 is 0 Å². The van der Waals surface area contributed by atoms with E-state index in [-0.39, 0.29) is 47.6 Å². The molecule has 9 rings (SSSR count). The number of fused-ring (bicyclic) bond motifs is 2. The number of rotatable bonds is 8. The molecule has 2 saturated heterocycles. The third kappa shape index (κ3) is 7.30. The Kier molecular flexibility index (Phi) is 9.90. The lowest BCUT2D eigenvalue weighted by molar-refractivity contribution is -0.136. The minimum atomic E-state index is -1.12. The number of carbonyl (C=O) groups excluding carboxylic acids is 5. The lowest BCUT2D eigenvalue weighted by atomic mass is 9.89. The molecule has 2 aromatic heterocycles. The van der Waals surface area contributed by atoms with Gasteiger partial charge < -0.3 is 20.0 Å². The normalized spacial score (nSPS) is 20.8. The first kappa shape index (κ1) is 37.7. The maximum absolute atomic E-state index is 15.5. The minimum Gasteiger partial charge on any atom is -0.366 e. The summed E-state index contributed by atoms with van der Waals surface area (Å²) in [4.78, 5) is 88.4. The van der Waals surface area contributed by atoms with Crippen LogP contribution in [0.5, 0.6) is 0 Å². The zero-order chi connectivity index (χ0) is 40.8. The van der Waals surface area contributed by atoms with Gasteiger partial charge in [0.05, 0.1) is 22.3 Å². The number of amides is 5. The number of nitrogens with one attached hydrogen (secondary N) is 2. The predicted octanol–water partition coefficient (Wildman–Crippen LogP) is 4.73. The lowest BCUT2D eigenvalue weighted by Gasteiger charge is -2.36. The largest absolute Gasteiger partial charge is 0.366 e. The van der Waals surface area contributed by atoms with Gasteiger partial charge in [0.25, 0.3) is 11.8 Å². The molecule has 0 radical (unpaired) electrons. The van der Waals surface area contributed by atoms with Crippen LogP contribution in [0.3, 0.4) is 0 Å². The van der Waals surface area contributed by atoms with Crippen LogP contribution in [0.1, 0.15) is 66.2 Å². The second kappa shape index (κ2) is 15.5. The van der Waals surface area contributed by atoms with E-state index in [1.165, 1.54) is 6.07 Å². The van der Waals surface area contributed by atoms with Crippen molar-refractivity contribution >= 4 is 63.7 Å². The summed E-state index contributed by atoms with van der Waals surface area (Å²) in [5, 5.41) is 6.66. The van der Waals surface area contributed by atoms with Crippen molar-refractivity contribution < 1.29 is 28.4 Å². The Balaban J connectivity index is 0.800. The van der Waals surface area contributed by atoms with Crippen LogP contribution < -0.4 is 25.3 Å². The Morgan fingerprint density at radius 2 is 1.47 bits per heavy atom. The van der Waals surface area contributed by atoms with Gasteiger partial charge in [-0.2, -0.15) is 0 Å². The van der Waals surface area contributed by atoms with E-state index in [1.54, 1.807) is 19.3 Å². The second-order valence-corrected chi connectivity index (χ2v) is 15.4. The van der Waals surface area contributed by atoms with Crippen LogP contribution in [0, 0.1) is 5.82 Å². The number of carbonyl (C=O) groups is 5. The molecule has 3 aromatic carbocycles. The Morgan fingerprint density at radius 3 is 2.17 bits per heavy atom. The van der Waals surface area contributed by atoms with E-state index in [4.69, 9.17) is 0 Å². The summed E-state index contributed by atoms with van der Waals surface area (Å²) in [6.07, 6.45) is 8.87. The van der Waals surface area contributed by atoms with Crippen molar-refractivity contribution in [2.24, 2.45) is 0 Å². The van der Waals surface area contributed by atoms with Crippen LogP contribution in [0.15, 0.2) is 79.3 Å². The number of aromatic nitrogens is 4. The number of para-hydroxylation sites is 1. The number of hydrogen-bond acceptors (Lipinski definition) is 12. The highest BCUT2D eigenvalue weighted by molar-refractivity contribution is 6.23. The molecular weight excluding hydrogens is 756 g/mol. The van der Waals surface area contributed by atoms with Gasteiger partial charge in [-0.25, -0.2) is 24.3 Å². The molecule has 1 atom stereocenters. The summed E-state index contributed by atoms with van der Waals surface area (Å²) in [7, 11) is 0. The molecule has 4 aliphatic rings. The van der Waals surface area contributed by atoms with Crippen molar-refractivity contribution in [3.8, 4) is 11.1 Å². The maximum Gasteiger partial charge on any atom is 0.262 e. The molecule has 5 amide bonds. The number of piperazine rings is 1. The zero-order valence-corrected chi connectivity index (χ0v) is 32.3. The van der Waals surface area contributed by atoms with E-state index in [1.807, 2.05) is 69.4 Å². The van der Waals surface area contributed by atoms with Gasteiger partial charge in [-0.15, -0.1) is 0 Å². The Hall–Kier alpha value is -6.84. The van der Waals surface area contributed by atoms with E-state index in [0.29, 0.717) is 38.1 Å². The van der Waals surface area contributed by atoms with Crippen LogP contribution in [0.25, 0.3) is 22.0 Å². The molecule has 300 valence electrons. The van der Waals surface area contributed by atoms with E-state index < -0.39 is 35.5 Å². The second-order valence-electron chi connectivity index (χ2n) is 15.4. The van der Waals surface area contributed by atoms with Crippen molar-refractivity contribution in [1.82, 2.24) is 30.2 Å². The first-order valence-electron chi connectivity index (χ1n) is 19.9.